The minimum absolute atomic E-state index is 0.138. The number of anilines is 1. The number of ether oxygens (including phenoxy) is 1. The van der Waals surface area contributed by atoms with Crippen LogP contribution in [0, 0.1) is 10.5 Å². The Kier molecular flexibility index (Phi) is 7.39. The lowest BCUT2D eigenvalue weighted by Crippen LogP contribution is -2.54. The number of nitrogens with one attached hydrogen (secondary N) is 1. The molecule has 1 fully saturated rings. The van der Waals surface area contributed by atoms with Crippen molar-refractivity contribution in [2.75, 3.05) is 4.90 Å². The highest BCUT2D eigenvalue weighted by Crippen LogP contribution is 2.28. The first-order valence-corrected chi connectivity index (χ1v) is 12.3. The fraction of sp³-hybridized carbons (Fsp3) is 0.0800. The molecule has 4 amide bonds. The summed E-state index contributed by atoms with van der Waals surface area (Å²) >= 11 is 11.7. The van der Waals surface area contributed by atoms with E-state index < -0.39 is 17.8 Å². The first-order chi connectivity index (χ1) is 16.2. The fourth-order valence-corrected chi connectivity index (χ4v) is 4.45. The standard InChI is InChI=1S/C25H17BrClIN2O4/c1-14-10-17(7-8-19(14)26)30-24(32)18(23(31)29-25(30)33)11-15-6-9-22(21(28)12-15)34-13-16-4-2-3-5-20(16)27/h2-12H,13H2,1H3,(H,29,31,33)/b18-11+. The van der Waals surface area contributed by atoms with Gasteiger partial charge in [0.05, 0.1) is 9.26 Å². The third kappa shape index (κ3) is 5.18. The summed E-state index contributed by atoms with van der Waals surface area (Å²) in [5.74, 6) is -0.789. The molecule has 0 bridgehead atoms. The van der Waals surface area contributed by atoms with E-state index in [2.05, 4.69) is 43.8 Å². The van der Waals surface area contributed by atoms with E-state index in [9.17, 15) is 14.4 Å². The van der Waals surface area contributed by atoms with Crippen molar-refractivity contribution in [1.82, 2.24) is 5.32 Å². The van der Waals surface area contributed by atoms with Gasteiger partial charge >= 0.3 is 6.03 Å². The summed E-state index contributed by atoms with van der Waals surface area (Å²) in [6.45, 7) is 2.15. The quantitative estimate of drug-likeness (QED) is 0.201. The zero-order chi connectivity index (χ0) is 24.4. The van der Waals surface area contributed by atoms with Crippen LogP contribution in [0.3, 0.4) is 0 Å². The number of aryl methyl sites for hydroxylation is 1. The molecule has 34 heavy (non-hydrogen) atoms. The first-order valence-electron chi connectivity index (χ1n) is 10.1. The molecule has 1 aliphatic rings. The van der Waals surface area contributed by atoms with Crippen molar-refractivity contribution in [2.24, 2.45) is 0 Å². The van der Waals surface area contributed by atoms with Gasteiger partial charge in [0.15, 0.2) is 0 Å². The average molecular weight is 652 g/mol. The molecule has 3 aromatic carbocycles. The predicted molar refractivity (Wildman–Crippen MR) is 143 cm³/mol. The number of barbiturate groups is 1. The minimum Gasteiger partial charge on any atom is -0.488 e. The van der Waals surface area contributed by atoms with Crippen LogP contribution in [0.2, 0.25) is 5.02 Å². The third-order valence-electron chi connectivity index (χ3n) is 5.11. The van der Waals surface area contributed by atoms with Crippen LogP contribution in [0.4, 0.5) is 10.5 Å². The Labute approximate surface area is 223 Å². The normalized spacial score (nSPS) is 15.0. The molecule has 3 aromatic rings. The average Bonchev–Trinajstić information content (AvgIpc) is 2.79. The maximum absolute atomic E-state index is 13.1. The van der Waals surface area contributed by atoms with Crippen molar-refractivity contribution in [1.29, 1.82) is 0 Å². The van der Waals surface area contributed by atoms with Crippen LogP contribution in [0.1, 0.15) is 16.7 Å². The van der Waals surface area contributed by atoms with E-state index in [1.54, 1.807) is 42.5 Å². The van der Waals surface area contributed by atoms with Crippen molar-refractivity contribution >= 4 is 79.7 Å². The number of imide groups is 2. The topological polar surface area (TPSA) is 75.7 Å². The van der Waals surface area contributed by atoms with Crippen LogP contribution < -0.4 is 15.0 Å². The molecule has 0 aromatic heterocycles. The Morgan fingerprint density at radius 1 is 1.09 bits per heavy atom. The highest BCUT2D eigenvalue weighted by atomic mass is 127. The van der Waals surface area contributed by atoms with Gasteiger partial charge in [-0.05, 0) is 83.1 Å². The van der Waals surface area contributed by atoms with Crippen LogP contribution >= 0.6 is 50.1 Å². The molecular weight excluding hydrogens is 635 g/mol. The van der Waals surface area contributed by atoms with E-state index in [-0.39, 0.29) is 5.57 Å². The summed E-state index contributed by atoms with van der Waals surface area (Å²) in [6.07, 6.45) is 1.46. The number of carbonyl (C=O) groups is 3. The molecule has 1 heterocycles. The number of halogens is 3. The summed E-state index contributed by atoms with van der Waals surface area (Å²) in [4.78, 5) is 39.0. The third-order valence-corrected chi connectivity index (χ3v) is 7.21. The SMILES string of the molecule is Cc1cc(N2C(=O)NC(=O)/C(=C\c3ccc(OCc4ccccc4Cl)c(I)c3)C2=O)ccc1Br. The van der Waals surface area contributed by atoms with Crippen LogP contribution in [-0.2, 0) is 16.2 Å². The van der Waals surface area contributed by atoms with Gasteiger partial charge in [-0.2, -0.15) is 0 Å². The number of carbonyl (C=O) groups excluding carboxylic acids is 3. The summed E-state index contributed by atoms with van der Waals surface area (Å²) in [6, 6.07) is 17.0. The Morgan fingerprint density at radius 2 is 1.85 bits per heavy atom. The van der Waals surface area contributed by atoms with Crippen molar-refractivity contribution in [3.05, 3.63) is 96.0 Å². The molecule has 0 atom stereocenters. The Bertz CT molecular complexity index is 1360. The maximum atomic E-state index is 13.1. The summed E-state index contributed by atoms with van der Waals surface area (Å²) in [7, 11) is 0. The molecule has 0 unspecified atom stereocenters. The summed E-state index contributed by atoms with van der Waals surface area (Å²) in [5.41, 5.74) is 2.57. The predicted octanol–water partition coefficient (Wildman–Crippen LogP) is 6.26. The van der Waals surface area contributed by atoms with Crippen LogP contribution in [0.15, 0.2) is 70.7 Å². The Balaban J connectivity index is 1.58. The van der Waals surface area contributed by atoms with Crippen molar-refractivity contribution in [2.45, 2.75) is 13.5 Å². The van der Waals surface area contributed by atoms with Crippen LogP contribution in [0.25, 0.3) is 6.08 Å². The molecule has 4 rings (SSSR count). The summed E-state index contributed by atoms with van der Waals surface area (Å²) in [5, 5.41) is 2.87. The molecule has 9 heteroatoms. The summed E-state index contributed by atoms with van der Waals surface area (Å²) < 4.78 is 7.52. The zero-order valence-corrected chi connectivity index (χ0v) is 22.3. The van der Waals surface area contributed by atoms with Gasteiger partial charge in [-0.1, -0.05) is 51.8 Å². The molecular formula is C25H17BrClIN2O4. The van der Waals surface area contributed by atoms with Gasteiger partial charge in [-0.3, -0.25) is 14.9 Å². The van der Waals surface area contributed by atoms with Gasteiger partial charge in [0, 0.05) is 15.1 Å². The molecule has 1 N–H and O–H groups in total. The number of hydrogen-bond donors (Lipinski definition) is 1. The van der Waals surface area contributed by atoms with Crippen molar-refractivity contribution < 1.29 is 19.1 Å². The van der Waals surface area contributed by atoms with Gasteiger partial charge < -0.3 is 4.74 Å². The second-order valence-corrected chi connectivity index (χ2v) is 9.89. The number of hydrogen-bond acceptors (Lipinski definition) is 4. The molecule has 0 saturated carbocycles. The molecule has 172 valence electrons. The Morgan fingerprint density at radius 3 is 2.56 bits per heavy atom. The minimum atomic E-state index is -0.785. The number of amides is 4. The van der Waals surface area contributed by atoms with Gasteiger partial charge in [-0.15, -0.1) is 0 Å². The number of urea groups is 1. The van der Waals surface area contributed by atoms with E-state index in [4.69, 9.17) is 16.3 Å². The van der Waals surface area contributed by atoms with Gasteiger partial charge in [-0.25, -0.2) is 9.69 Å². The largest absolute Gasteiger partial charge is 0.488 e. The van der Waals surface area contributed by atoms with Crippen molar-refractivity contribution in [3.63, 3.8) is 0 Å². The lowest BCUT2D eigenvalue weighted by molar-refractivity contribution is -0.122. The Hall–Kier alpha value is -2.69. The van der Waals surface area contributed by atoms with E-state index in [1.807, 2.05) is 25.1 Å². The van der Waals surface area contributed by atoms with Crippen LogP contribution in [-0.4, -0.2) is 17.8 Å². The van der Waals surface area contributed by atoms with Crippen molar-refractivity contribution in [3.8, 4) is 5.75 Å². The molecule has 6 nitrogen and oxygen atoms in total. The molecule has 1 saturated heterocycles. The molecule has 0 aliphatic carbocycles. The lowest BCUT2D eigenvalue weighted by Gasteiger charge is -2.26. The number of rotatable bonds is 5. The van der Waals surface area contributed by atoms with Gasteiger partial charge in [0.25, 0.3) is 11.8 Å². The van der Waals surface area contributed by atoms with E-state index in [1.165, 1.54) is 6.08 Å². The number of benzene rings is 3. The van der Waals surface area contributed by atoms with Gasteiger partial charge in [0.2, 0.25) is 0 Å². The maximum Gasteiger partial charge on any atom is 0.335 e. The lowest BCUT2D eigenvalue weighted by atomic mass is 10.1. The molecule has 0 radical (unpaired) electrons. The van der Waals surface area contributed by atoms with Crippen LogP contribution in [0.5, 0.6) is 5.75 Å². The fourth-order valence-electron chi connectivity index (χ4n) is 3.32. The zero-order valence-electron chi connectivity index (χ0n) is 17.8. The van der Waals surface area contributed by atoms with Gasteiger partial charge in [0.1, 0.15) is 17.9 Å². The van der Waals surface area contributed by atoms with E-state index in [0.717, 1.165) is 24.1 Å². The smallest absolute Gasteiger partial charge is 0.335 e. The van der Waals surface area contributed by atoms with E-state index in [0.29, 0.717) is 28.6 Å². The van der Waals surface area contributed by atoms with E-state index >= 15 is 0 Å². The highest BCUT2D eigenvalue weighted by molar-refractivity contribution is 14.1. The molecule has 0 spiro atoms. The monoisotopic (exact) mass is 650 g/mol. The number of nitrogens with zero attached hydrogens (tertiary/aromatic N) is 1. The second kappa shape index (κ2) is 10.3. The highest BCUT2D eigenvalue weighted by Gasteiger charge is 2.36. The first kappa shape index (κ1) is 24.4. The second-order valence-electron chi connectivity index (χ2n) is 7.46. The molecule has 1 aliphatic heterocycles.